The normalized spacial score (nSPS) is 9.93. The number of esters is 1. The molecule has 1 aromatic rings. The number of hydrogen-bond acceptors (Lipinski definition) is 2. The monoisotopic (exact) mass is 206 g/mol. The second kappa shape index (κ2) is 7.04. The fraction of sp³-hybridized carbons (Fsp3) is 0.462. The summed E-state index contributed by atoms with van der Waals surface area (Å²) in [5.41, 5.74) is 1.38. The number of benzene rings is 1. The Hall–Kier alpha value is -1.31. The van der Waals surface area contributed by atoms with Crippen LogP contribution in [0, 0.1) is 0 Å². The van der Waals surface area contributed by atoms with E-state index in [1.165, 1.54) is 12.5 Å². The summed E-state index contributed by atoms with van der Waals surface area (Å²) in [4.78, 5) is 10.5. The van der Waals surface area contributed by atoms with Gasteiger partial charge in [0.25, 0.3) is 0 Å². The van der Waals surface area contributed by atoms with E-state index >= 15 is 0 Å². The molecule has 0 aromatic heterocycles. The molecule has 0 aliphatic carbocycles. The van der Waals surface area contributed by atoms with E-state index in [2.05, 4.69) is 24.3 Å². The van der Waals surface area contributed by atoms with Crippen molar-refractivity contribution in [2.75, 3.05) is 6.61 Å². The average Bonchev–Trinajstić information content (AvgIpc) is 2.24. The molecule has 0 aliphatic heterocycles. The lowest BCUT2D eigenvalue weighted by atomic mass is 10.1. The Bertz CT molecular complexity index is 280. The Labute approximate surface area is 91.3 Å². The third-order valence-electron chi connectivity index (χ3n) is 2.26. The molecule has 0 bridgehead atoms. The van der Waals surface area contributed by atoms with Crippen LogP contribution in [0.3, 0.4) is 0 Å². The molecule has 0 saturated heterocycles. The maximum Gasteiger partial charge on any atom is 0.302 e. The Morgan fingerprint density at radius 3 is 2.53 bits per heavy atom. The highest BCUT2D eigenvalue weighted by atomic mass is 16.5. The highest BCUT2D eigenvalue weighted by Gasteiger charge is 1.94. The zero-order valence-corrected chi connectivity index (χ0v) is 9.24. The molecule has 0 amide bonds. The van der Waals surface area contributed by atoms with E-state index in [-0.39, 0.29) is 5.97 Å². The first-order valence-electron chi connectivity index (χ1n) is 5.46. The maximum atomic E-state index is 10.5. The Morgan fingerprint density at radius 1 is 1.13 bits per heavy atom. The zero-order valence-electron chi connectivity index (χ0n) is 9.24. The molecule has 1 aromatic carbocycles. The standard InChI is InChI=1S/C13H18O2/c1-12(14)15-11-7-3-6-10-13-8-4-2-5-9-13/h2,4-5,8-9H,3,6-7,10-11H2,1H3. The van der Waals surface area contributed by atoms with Crippen LogP contribution in [0.2, 0.25) is 0 Å². The van der Waals surface area contributed by atoms with Gasteiger partial charge in [-0.1, -0.05) is 30.3 Å². The van der Waals surface area contributed by atoms with Crippen molar-refractivity contribution >= 4 is 5.97 Å². The first-order valence-corrected chi connectivity index (χ1v) is 5.46. The second-order valence-corrected chi connectivity index (χ2v) is 3.64. The fourth-order valence-electron chi connectivity index (χ4n) is 1.47. The predicted octanol–water partition coefficient (Wildman–Crippen LogP) is 2.96. The van der Waals surface area contributed by atoms with Gasteiger partial charge >= 0.3 is 5.97 Å². The Morgan fingerprint density at radius 2 is 1.87 bits per heavy atom. The van der Waals surface area contributed by atoms with Crippen molar-refractivity contribution in [1.82, 2.24) is 0 Å². The molecule has 1 rings (SSSR count). The fourth-order valence-corrected chi connectivity index (χ4v) is 1.47. The van der Waals surface area contributed by atoms with Crippen LogP contribution >= 0.6 is 0 Å². The van der Waals surface area contributed by atoms with Crippen LogP contribution in [0.1, 0.15) is 31.7 Å². The third kappa shape index (κ3) is 5.89. The largest absolute Gasteiger partial charge is 0.466 e. The SMILES string of the molecule is CC(=O)OCCCCCc1ccccc1. The van der Waals surface area contributed by atoms with Crippen molar-refractivity contribution in [1.29, 1.82) is 0 Å². The number of ether oxygens (including phenoxy) is 1. The van der Waals surface area contributed by atoms with Crippen molar-refractivity contribution < 1.29 is 9.53 Å². The third-order valence-corrected chi connectivity index (χ3v) is 2.26. The van der Waals surface area contributed by atoms with Crippen molar-refractivity contribution in [3.05, 3.63) is 35.9 Å². The van der Waals surface area contributed by atoms with Gasteiger partial charge in [0.05, 0.1) is 6.61 Å². The van der Waals surface area contributed by atoms with Gasteiger partial charge < -0.3 is 4.74 Å². The van der Waals surface area contributed by atoms with E-state index in [4.69, 9.17) is 4.74 Å². The summed E-state index contributed by atoms with van der Waals surface area (Å²) < 4.78 is 4.86. The second-order valence-electron chi connectivity index (χ2n) is 3.64. The molecule has 0 spiro atoms. The molecular weight excluding hydrogens is 188 g/mol. The minimum absolute atomic E-state index is 0.182. The topological polar surface area (TPSA) is 26.3 Å². The van der Waals surface area contributed by atoms with Gasteiger partial charge in [0, 0.05) is 6.92 Å². The van der Waals surface area contributed by atoms with E-state index < -0.39 is 0 Å². The molecule has 0 atom stereocenters. The highest BCUT2D eigenvalue weighted by molar-refractivity contribution is 5.65. The molecule has 0 aliphatic rings. The molecular formula is C13H18O2. The zero-order chi connectivity index (χ0) is 10.9. The maximum absolute atomic E-state index is 10.5. The van der Waals surface area contributed by atoms with Crippen LogP contribution in [0.5, 0.6) is 0 Å². The molecule has 0 unspecified atom stereocenters. The van der Waals surface area contributed by atoms with Crippen molar-refractivity contribution in [2.45, 2.75) is 32.6 Å². The summed E-state index contributed by atoms with van der Waals surface area (Å²) in [6, 6.07) is 10.4. The van der Waals surface area contributed by atoms with Crippen LogP contribution in [-0.2, 0) is 16.0 Å². The van der Waals surface area contributed by atoms with E-state index in [0.717, 1.165) is 25.7 Å². The van der Waals surface area contributed by atoms with Gasteiger partial charge in [0.2, 0.25) is 0 Å². The van der Waals surface area contributed by atoms with E-state index in [0.29, 0.717) is 6.61 Å². The average molecular weight is 206 g/mol. The lowest BCUT2D eigenvalue weighted by Crippen LogP contribution is -2.00. The quantitative estimate of drug-likeness (QED) is 0.528. The number of hydrogen-bond donors (Lipinski definition) is 0. The summed E-state index contributed by atoms with van der Waals surface area (Å²) in [6.07, 6.45) is 4.35. The minimum atomic E-state index is -0.182. The molecule has 0 saturated carbocycles. The van der Waals surface area contributed by atoms with Gasteiger partial charge in [-0.05, 0) is 31.2 Å². The number of unbranched alkanes of at least 4 members (excludes halogenated alkanes) is 2. The molecule has 2 heteroatoms. The Balaban J connectivity index is 2.00. The molecule has 15 heavy (non-hydrogen) atoms. The van der Waals surface area contributed by atoms with Crippen LogP contribution in [0.4, 0.5) is 0 Å². The molecule has 82 valence electrons. The van der Waals surface area contributed by atoms with E-state index in [1.54, 1.807) is 0 Å². The van der Waals surface area contributed by atoms with E-state index in [9.17, 15) is 4.79 Å². The molecule has 2 nitrogen and oxygen atoms in total. The highest BCUT2D eigenvalue weighted by Crippen LogP contribution is 2.06. The number of aryl methyl sites for hydroxylation is 1. The van der Waals surface area contributed by atoms with Gasteiger partial charge in [-0.2, -0.15) is 0 Å². The van der Waals surface area contributed by atoms with Gasteiger partial charge in [-0.3, -0.25) is 4.79 Å². The van der Waals surface area contributed by atoms with Crippen molar-refractivity contribution in [2.24, 2.45) is 0 Å². The van der Waals surface area contributed by atoms with Gasteiger partial charge in [0.15, 0.2) is 0 Å². The lowest BCUT2D eigenvalue weighted by Gasteiger charge is -2.02. The van der Waals surface area contributed by atoms with Crippen LogP contribution in [-0.4, -0.2) is 12.6 Å². The van der Waals surface area contributed by atoms with Gasteiger partial charge in [0.1, 0.15) is 0 Å². The summed E-state index contributed by atoms with van der Waals surface area (Å²) in [7, 11) is 0. The first-order chi connectivity index (χ1) is 7.29. The predicted molar refractivity (Wildman–Crippen MR) is 60.6 cm³/mol. The number of carbonyl (C=O) groups is 1. The van der Waals surface area contributed by atoms with Crippen molar-refractivity contribution in [3.8, 4) is 0 Å². The summed E-state index contributed by atoms with van der Waals surface area (Å²) in [6.45, 7) is 2.01. The summed E-state index contributed by atoms with van der Waals surface area (Å²) in [5, 5.41) is 0. The Kier molecular flexibility index (Phi) is 5.52. The van der Waals surface area contributed by atoms with Crippen molar-refractivity contribution in [3.63, 3.8) is 0 Å². The summed E-state index contributed by atoms with van der Waals surface area (Å²) in [5.74, 6) is -0.182. The lowest BCUT2D eigenvalue weighted by molar-refractivity contribution is -0.141. The van der Waals surface area contributed by atoms with Crippen LogP contribution in [0.25, 0.3) is 0 Å². The van der Waals surface area contributed by atoms with Gasteiger partial charge in [-0.15, -0.1) is 0 Å². The van der Waals surface area contributed by atoms with E-state index in [1.807, 2.05) is 6.07 Å². The molecule has 0 N–H and O–H groups in total. The molecule has 0 radical (unpaired) electrons. The van der Waals surface area contributed by atoms with Crippen LogP contribution in [0.15, 0.2) is 30.3 Å². The number of carbonyl (C=O) groups excluding carboxylic acids is 1. The van der Waals surface area contributed by atoms with Crippen LogP contribution < -0.4 is 0 Å². The summed E-state index contributed by atoms with van der Waals surface area (Å²) >= 11 is 0. The first kappa shape index (κ1) is 11.8. The smallest absolute Gasteiger partial charge is 0.302 e. The number of rotatable bonds is 6. The minimum Gasteiger partial charge on any atom is -0.466 e. The molecule has 0 heterocycles. The molecule has 0 fully saturated rings. The van der Waals surface area contributed by atoms with Gasteiger partial charge in [-0.25, -0.2) is 0 Å².